The van der Waals surface area contributed by atoms with E-state index in [2.05, 4.69) is 4.90 Å². The number of rotatable bonds is 0. The fourth-order valence-electron chi connectivity index (χ4n) is 2.78. The first-order valence-corrected chi connectivity index (χ1v) is 6.43. The molecule has 0 radical (unpaired) electrons. The summed E-state index contributed by atoms with van der Waals surface area (Å²) >= 11 is 0. The van der Waals surface area contributed by atoms with Crippen LogP contribution in [0.5, 0.6) is 0 Å². The Kier molecular flexibility index (Phi) is 3.24. The standard InChI is InChI=1S/C13H23NO2/c1-13(2,3)12(15)14-8-9-16-11-7-5-4-6-10(11)14/h10-11H,4-9H2,1-3H3/t10-,11+/m1/s1. The highest BCUT2D eigenvalue weighted by Gasteiger charge is 2.39. The van der Waals surface area contributed by atoms with Crippen molar-refractivity contribution in [3.8, 4) is 0 Å². The number of fused-ring (bicyclic) bond motifs is 1. The molecular formula is C13H23NO2. The zero-order chi connectivity index (χ0) is 11.8. The summed E-state index contributed by atoms with van der Waals surface area (Å²) in [5, 5.41) is 0. The van der Waals surface area contributed by atoms with Crippen molar-refractivity contribution >= 4 is 5.91 Å². The Balaban J connectivity index is 2.11. The van der Waals surface area contributed by atoms with Gasteiger partial charge in [-0.2, -0.15) is 0 Å². The van der Waals surface area contributed by atoms with Crippen LogP contribution in [0, 0.1) is 5.41 Å². The van der Waals surface area contributed by atoms with Crippen molar-refractivity contribution < 1.29 is 9.53 Å². The van der Waals surface area contributed by atoms with Gasteiger partial charge in [0.2, 0.25) is 5.91 Å². The van der Waals surface area contributed by atoms with E-state index in [0.29, 0.717) is 18.8 Å². The van der Waals surface area contributed by atoms with Gasteiger partial charge >= 0.3 is 0 Å². The molecule has 0 bridgehead atoms. The van der Waals surface area contributed by atoms with Crippen LogP contribution >= 0.6 is 0 Å². The van der Waals surface area contributed by atoms with E-state index in [9.17, 15) is 4.79 Å². The number of ether oxygens (including phenoxy) is 1. The molecule has 1 amide bonds. The normalized spacial score (nSPS) is 31.1. The van der Waals surface area contributed by atoms with Crippen molar-refractivity contribution in [3.63, 3.8) is 0 Å². The maximum atomic E-state index is 12.3. The molecule has 16 heavy (non-hydrogen) atoms. The summed E-state index contributed by atoms with van der Waals surface area (Å²) < 4.78 is 5.78. The van der Waals surface area contributed by atoms with E-state index in [1.807, 2.05) is 20.8 Å². The molecule has 0 unspecified atom stereocenters. The van der Waals surface area contributed by atoms with Crippen LogP contribution in [-0.4, -0.2) is 36.1 Å². The quantitative estimate of drug-likeness (QED) is 0.632. The van der Waals surface area contributed by atoms with Crippen LogP contribution in [0.15, 0.2) is 0 Å². The van der Waals surface area contributed by atoms with Crippen molar-refractivity contribution in [2.24, 2.45) is 5.41 Å². The van der Waals surface area contributed by atoms with Crippen LogP contribution in [0.3, 0.4) is 0 Å². The van der Waals surface area contributed by atoms with E-state index in [-0.39, 0.29) is 11.3 Å². The second kappa shape index (κ2) is 4.36. The van der Waals surface area contributed by atoms with Crippen molar-refractivity contribution in [2.75, 3.05) is 13.2 Å². The number of hydrogen-bond acceptors (Lipinski definition) is 2. The third-order valence-corrected chi connectivity index (χ3v) is 3.63. The first kappa shape index (κ1) is 11.9. The van der Waals surface area contributed by atoms with Gasteiger partial charge in [-0.25, -0.2) is 0 Å². The smallest absolute Gasteiger partial charge is 0.228 e. The summed E-state index contributed by atoms with van der Waals surface area (Å²) in [6.07, 6.45) is 5.02. The lowest BCUT2D eigenvalue weighted by Gasteiger charge is -2.45. The van der Waals surface area contributed by atoms with E-state index in [1.54, 1.807) is 0 Å². The van der Waals surface area contributed by atoms with Crippen LogP contribution in [0.1, 0.15) is 46.5 Å². The molecule has 0 N–H and O–H groups in total. The number of carbonyl (C=O) groups excluding carboxylic acids is 1. The minimum Gasteiger partial charge on any atom is -0.374 e. The Labute approximate surface area is 98.1 Å². The zero-order valence-electron chi connectivity index (χ0n) is 10.7. The molecule has 0 spiro atoms. The lowest BCUT2D eigenvalue weighted by molar-refractivity contribution is -0.157. The minimum atomic E-state index is -0.265. The molecule has 0 aromatic carbocycles. The molecule has 0 aromatic rings. The number of hydrogen-bond donors (Lipinski definition) is 0. The molecule has 1 aliphatic carbocycles. The molecule has 92 valence electrons. The predicted octanol–water partition coefficient (Wildman–Crippen LogP) is 2.20. The topological polar surface area (TPSA) is 29.5 Å². The Hall–Kier alpha value is -0.570. The molecule has 2 fully saturated rings. The van der Waals surface area contributed by atoms with Crippen LogP contribution < -0.4 is 0 Å². The van der Waals surface area contributed by atoms with E-state index in [4.69, 9.17) is 4.74 Å². The van der Waals surface area contributed by atoms with Gasteiger partial charge in [0.25, 0.3) is 0 Å². The third-order valence-electron chi connectivity index (χ3n) is 3.63. The van der Waals surface area contributed by atoms with E-state index in [1.165, 1.54) is 12.8 Å². The maximum Gasteiger partial charge on any atom is 0.228 e. The summed E-state index contributed by atoms with van der Waals surface area (Å²) in [4.78, 5) is 14.4. The van der Waals surface area contributed by atoms with Gasteiger partial charge in [-0.3, -0.25) is 4.79 Å². The van der Waals surface area contributed by atoms with Crippen molar-refractivity contribution in [1.82, 2.24) is 4.90 Å². The SMILES string of the molecule is CC(C)(C)C(=O)N1CCO[C@H]2CCCC[C@H]21. The number of carbonyl (C=O) groups is 1. The molecule has 1 saturated carbocycles. The highest BCUT2D eigenvalue weighted by molar-refractivity contribution is 5.82. The van der Waals surface area contributed by atoms with Gasteiger partial charge in [-0.15, -0.1) is 0 Å². The van der Waals surface area contributed by atoms with Gasteiger partial charge in [0.05, 0.1) is 18.8 Å². The van der Waals surface area contributed by atoms with Gasteiger partial charge in [-0.1, -0.05) is 33.6 Å². The molecule has 0 aromatic heterocycles. The van der Waals surface area contributed by atoms with Crippen LogP contribution in [-0.2, 0) is 9.53 Å². The molecule has 2 rings (SSSR count). The third kappa shape index (κ3) is 2.24. The van der Waals surface area contributed by atoms with Gasteiger partial charge < -0.3 is 9.64 Å². The highest BCUT2D eigenvalue weighted by atomic mass is 16.5. The molecule has 1 heterocycles. The van der Waals surface area contributed by atoms with Crippen molar-refractivity contribution in [2.45, 2.75) is 58.6 Å². The molecule has 3 nitrogen and oxygen atoms in total. The first-order chi connectivity index (χ1) is 7.50. The van der Waals surface area contributed by atoms with E-state index in [0.717, 1.165) is 19.4 Å². The van der Waals surface area contributed by atoms with Crippen molar-refractivity contribution in [1.29, 1.82) is 0 Å². The van der Waals surface area contributed by atoms with Gasteiger partial charge in [0, 0.05) is 12.0 Å². The first-order valence-electron chi connectivity index (χ1n) is 6.43. The van der Waals surface area contributed by atoms with Crippen LogP contribution in [0.4, 0.5) is 0 Å². The zero-order valence-corrected chi connectivity index (χ0v) is 10.7. The van der Waals surface area contributed by atoms with E-state index >= 15 is 0 Å². The van der Waals surface area contributed by atoms with Crippen LogP contribution in [0.25, 0.3) is 0 Å². The monoisotopic (exact) mass is 225 g/mol. The summed E-state index contributed by atoms with van der Waals surface area (Å²) in [5.41, 5.74) is -0.265. The Bertz CT molecular complexity index is 268. The molecule has 3 heteroatoms. The van der Waals surface area contributed by atoms with Gasteiger partial charge in [0.15, 0.2) is 0 Å². The minimum absolute atomic E-state index is 0.265. The average Bonchev–Trinajstić information content (AvgIpc) is 2.26. The average molecular weight is 225 g/mol. The molecule has 1 saturated heterocycles. The lowest BCUT2D eigenvalue weighted by atomic mass is 9.87. The van der Waals surface area contributed by atoms with Crippen LogP contribution in [0.2, 0.25) is 0 Å². The Morgan fingerprint density at radius 1 is 1.25 bits per heavy atom. The molecule has 2 atom stereocenters. The summed E-state index contributed by atoms with van der Waals surface area (Å²) in [7, 11) is 0. The second-order valence-corrected chi connectivity index (χ2v) is 6.01. The number of amides is 1. The molecular weight excluding hydrogens is 202 g/mol. The summed E-state index contributed by atoms with van der Waals surface area (Å²) in [6, 6.07) is 0.342. The Morgan fingerprint density at radius 2 is 1.94 bits per heavy atom. The molecule has 1 aliphatic heterocycles. The second-order valence-electron chi connectivity index (χ2n) is 6.01. The Morgan fingerprint density at radius 3 is 2.62 bits per heavy atom. The molecule has 2 aliphatic rings. The highest BCUT2D eigenvalue weighted by Crippen LogP contribution is 2.31. The number of nitrogens with zero attached hydrogens (tertiary/aromatic N) is 1. The fraction of sp³-hybridized carbons (Fsp3) is 0.923. The summed E-state index contributed by atoms with van der Waals surface area (Å²) in [6.45, 7) is 7.49. The van der Waals surface area contributed by atoms with Gasteiger partial charge in [0.1, 0.15) is 0 Å². The van der Waals surface area contributed by atoms with Crippen molar-refractivity contribution in [3.05, 3.63) is 0 Å². The van der Waals surface area contributed by atoms with Gasteiger partial charge in [-0.05, 0) is 12.8 Å². The largest absolute Gasteiger partial charge is 0.374 e. The predicted molar refractivity (Wildman–Crippen MR) is 63.2 cm³/mol. The van der Waals surface area contributed by atoms with E-state index < -0.39 is 0 Å². The number of morpholine rings is 1. The lowest BCUT2D eigenvalue weighted by Crippen LogP contribution is -2.57. The summed E-state index contributed by atoms with van der Waals surface area (Å²) in [5.74, 6) is 0.285. The maximum absolute atomic E-state index is 12.3. The fourth-order valence-corrected chi connectivity index (χ4v) is 2.78.